The predicted molar refractivity (Wildman–Crippen MR) is 110 cm³/mol. The van der Waals surface area contributed by atoms with Crippen LogP contribution in [0, 0.1) is 0 Å². The highest BCUT2D eigenvalue weighted by Crippen LogP contribution is 2.32. The molecule has 0 N–H and O–H groups in total. The van der Waals surface area contributed by atoms with E-state index in [1.165, 1.54) is 11.1 Å². The van der Waals surface area contributed by atoms with Crippen LogP contribution in [0.15, 0.2) is 42.5 Å². The molecule has 0 aliphatic carbocycles. The lowest BCUT2D eigenvalue weighted by atomic mass is 9.99. The highest BCUT2D eigenvalue weighted by atomic mass is 16.5. The van der Waals surface area contributed by atoms with Gasteiger partial charge in [-0.05, 0) is 29.7 Å². The first-order valence-corrected chi connectivity index (χ1v) is 9.70. The Bertz CT molecular complexity index is 1180. The summed E-state index contributed by atoms with van der Waals surface area (Å²) in [6.07, 6.45) is 0.993. The van der Waals surface area contributed by atoms with Gasteiger partial charge in [-0.3, -0.25) is 0 Å². The first kappa shape index (κ1) is 17.0. The summed E-state index contributed by atoms with van der Waals surface area (Å²) in [5.41, 5.74) is 3.50. The maximum Gasteiger partial charge on any atom is 0.185 e. The molecule has 2 aromatic heterocycles. The van der Waals surface area contributed by atoms with Crippen LogP contribution in [0.2, 0.25) is 0 Å². The fourth-order valence-corrected chi connectivity index (χ4v) is 4.01. The second-order valence-electron chi connectivity index (χ2n) is 7.62. The smallest absolute Gasteiger partial charge is 0.185 e. The number of aromatic nitrogens is 4. The quantitative estimate of drug-likeness (QED) is 0.544. The molecule has 28 heavy (non-hydrogen) atoms. The molecule has 2 aromatic carbocycles. The Morgan fingerprint density at radius 1 is 1.00 bits per heavy atom. The molecule has 5 rings (SSSR count). The van der Waals surface area contributed by atoms with Gasteiger partial charge in [0.1, 0.15) is 5.75 Å². The van der Waals surface area contributed by atoms with Crippen molar-refractivity contribution in [1.29, 1.82) is 0 Å². The SMILES string of the molecule is COc1ccc2c(c1)CN(c1nn3c(C(C)C)nnc3c3ccccc13)CC2. The number of methoxy groups -OCH3 is 1. The number of nitrogens with zero attached hydrogens (tertiary/aromatic N) is 5. The van der Waals surface area contributed by atoms with Crippen LogP contribution < -0.4 is 9.64 Å². The number of hydrogen-bond donors (Lipinski definition) is 0. The molecule has 6 heteroatoms. The Labute approximate surface area is 163 Å². The average molecular weight is 373 g/mol. The van der Waals surface area contributed by atoms with Gasteiger partial charge in [0.25, 0.3) is 0 Å². The zero-order chi connectivity index (χ0) is 19.3. The molecule has 0 unspecified atom stereocenters. The summed E-state index contributed by atoms with van der Waals surface area (Å²) in [5, 5.41) is 16.0. The molecule has 0 fully saturated rings. The maximum atomic E-state index is 5.43. The van der Waals surface area contributed by atoms with Crippen LogP contribution in [0.3, 0.4) is 0 Å². The molecule has 3 heterocycles. The highest BCUT2D eigenvalue weighted by molar-refractivity contribution is 6.00. The van der Waals surface area contributed by atoms with Crippen molar-refractivity contribution < 1.29 is 4.74 Å². The molecule has 142 valence electrons. The van der Waals surface area contributed by atoms with Crippen molar-refractivity contribution in [1.82, 2.24) is 19.8 Å². The van der Waals surface area contributed by atoms with Crippen molar-refractivity contribution in [3.8, 4) is 5.75 Å². The van der Waals surface area contributed by atoms with E-state index in [9.17, 15) is 0 Å². The van der Waals surface area contributed by atoms with Crippen molar-refractivity contribution >= 4 is 22.2 Å². The van der Waals surface area contributed by atoms with Gasteiger partial charge in [0.2, 0.25) is 0 Å². The highest BCUT2D eigenvalue weighted by Gasteiger charge is 2.23. The van der Waals surface area contributed by atoms with Crippen LogP contribution in [-0.2, 0) is 13.0 Å². The number of ether oxygens (including phenoxy) is 1. The number of hydrogen-bond acceptors (Lipinski definition) is 5. The fourth-order valence-electron chi connectivity index (χ4n) is 4.01. The molecular formula is C22H23N5O. The van der Waals surface area contributed by atoms with Gasteiger partial charge in [-0.2, -0.15) is 4.52 Å². The minimum absolute atomic E-state index is 0.253. The summed E-state index contributed by atoms with van der Waals surface area (Å²) < 4.78 is 7.35. The molecule has 1 aliphatic heterocycles. The van der Waals surface area contributed by atoms with Crippen LogP contribution in [0.5, 0.6) is 5.75 Å². The third kappa shape index (κ3) is 2.59. The van der Waals surface area contributed by atoms with Gasteiger partial charge in [0.05, 0.1) is 7.11 Å². The molecule has 0 saturated heterocycles. The van der Waals surface area contributed by atoms with Crippen molar-refractivity contribution in [3.63, 3.8) is 0 Å². The Hall–Kier alpha value is -3.15. The van der Waals surface area contributed by atoms with E-state index in [1.807, 2.05) is 16.6 Å². The Morgan fingerprint density at radius 3 is 2.61 bits per heavy atom. The first-order chi connectivity index (χ1) is 13.7. The van der Waals surface area contributed by atoms with Crippen molar-refractivity contribution in [3.05, 3.63) is 59.4 Å². The second kappa shape index (κ2) is 6.48. The van der Waals surface area contributed by atoms with E-state index >= 15 is 0 Å². The van der Waals surface area contributed by atoms with Crippen LogP contribution >= 0.6 is 0 Å². The van der Waals surface area contributed by atoms with Gasteiger partial charge in [0, 0.05) is 29.8 Å². The fraction of sp³-hybridized carbons (Fsp3) is 0.318. The lowest BCUT2D eigenvalue weighted by molar-refractivity contribution is 0.413. The second-order valence-corrected chi connectivity index (χ2v) is 7.62. The Kier molecular flexibility index (Phi) is 3.93. The van der Waals surface area contributed by atoms with E-state index in [-0.39, 0.29) is 5.92 Å². The predicted octanol–water partition coefficient (Wildman–Crippen LogP) is 3.97. The van der Waals surface area contributed by atoms with Gasteiger partial charge in [0.15, 0.2) is 17.3 Å². The molecule has 0 bridgehead atoms. The topological polar surface area (TPSA) is 55.5 Å². The molecule has 0 spiro atoms. The zero-order valence-corrected chi connectivity index (χ0v) is 16.4. The zero-order valence-electron chi connectivity index (χ0n) is 16.4. The average Bonchev–Trinajstić information content (AvgIpc) is 3.17. The molecule has 4 aromatic rings. The number of benzene rings is 2. The number of anilines is 1. The minimum atomic E-state index is 0.253. The van der Waals surface area contributed by atoms with Gasteiger partial charge in [-0.1, -0.05) is 44.2 Å². The summed E-state index contributed by atoms with van der Waals surface area (Å²) in [6.45, 7) is 5.99. The monoisotopic (exact) mass is 373 g/mol. The van der Waals surface area contributed by atoms with Crippen molar-refractivity contribution in [2.45, 2.75) is 32.7 Å². The molecule has 6 nitrogen and oxygen atoms in total. The summed E-state index contributed by atoms with van der Waals surface area (Å²) in [6, 6.07) is 14.7. The molecule has 0 atom stereocenters. The van der Waals surface area contributed by atoms with E-state index in [0.717, 1.165) is 53.3 Å². The molecular weight excluding hydrogens is 350 g/mol. The van der Waals surface area contributed by atoms with E-state index in [2.05, 4.69) is 59.3 Å². The third-order valence-electron chi connectivity index (χ3n) is 5.51. The van der Waals surface area contributed by atoms with Gasteiger partial charge in [-0.15, -0.1) is 15.3 Å². The van der Waals surface area contributed by atoms with E-state index in [0.29, 0.717) is 0 Å². The van der Waals surface area contributed by atoms with Gasteiger partial charge >= 0.3 is 0 Å². The minimum Gasteiger partial charge on any atom is -0.497 e. The van der Waals surface area contributed by atoms with Crippen LogP contribution in [-0.4, -0.2) is 33.5 Å². The summed E-state index contributed by atoms with van der Waals surface area (Å²) in [4.78, 5) is 2.35. The first-order valence-electron chi connectivity index (χ1n) is 9.70. The lowest BCUT2D eigenvalue weighted by Crippen LogP contribution is -2.31. The van der Waals surface area contributed by atoms with Gasteiger partial charge in [-0.25, -0.2) is 0 Å². The molecule has 0 radical (unpaired) electrons. The van der Waals surface area contributed by atoms with E-state index in [4.69, 9.17) is 9.84 Å². The Balaban J connectivity index is 1.68. The van der Waals surface area contributed by atoms with Crippen molar-refractivity contribution in [2.75, 3.05) is 18.6 Å². The van der Waals surface area contributed by atoms with E-state index in [1.54, 1.807) is 7.11 Å². The number of rotatable bonds is 3. The standard InChI is InChI=1S/C22H23N5O/c1-14(2)20-23-24-21-18-6-4-5-7-19(18)22(25-27(20)21)26-11-10-15-8-9-17(28-3)12-16(15)13-26/h4-9,12,14H,10-11,13H2,1-3H3. The van der Waals surface area contributed by atoms with Crippen LogP contribution in [0.1, 0.15) is 36.7 Å². The molecule has 0 saturated carbocycles. The van der Waals surface area contributed by atoms with E-state index < -0.39 is 0 Å². The van der Waals surface area contributed by atoms with Crippen molar-refractivity contribution in [2.24, 2.45) is 0 Å². The maximum absolute atomic E-state index is 5.43. The largest absolute Gasteiger partial charge is 0.497 e. The summed E-state index contributed by atoms with van der Waals surface area (Å²) >= 11 is 0. The normalized spacial score (nSPS) is 14.1. The summed E-state index contributed by atoms with van der Waals surface area (Å²) in [5.74, 6) is 3.02. The van der Waals surface area contributed by atoms with Gasteiger partial charge < -0.3 is 9.64 Å². The molecule has 0 amide bonds. The molecule has 1 aliphatic rings. The Morgan fingerprint density at radius 2 is 1.82 bits per heavy atom. The lowest BCUT2D eigenvalue weighted by Gasteiger charge is -2.30. The van der Waals surface area contributed by atoms with Crippen LogP contribution in [0.4, 0.5) is 5.82 Å². The third-order valence-corrected chi connectivity index (χ3v) is 5.51. The van der Waals surface area contributed by atoms with Crippen LogP contribution in [0.25, 0.3) is 16.4 Å². The summed E-state index contributed by atoms with van der Waals surface area (Å²) in [7, 11) is 1.71. The number of fused-ring (bicyclic) bond motifs is 4.